The van der Waals surface area contributed by atoms with Crippen molar-refractivity contribution in [2.24, 2.45) is 0 Å². The van der Waals surface area contributed by atoms with Crippen LogP contribution >= 0.6 is 0 Å². The van der Waals surface area contributed by atoms with E-state index in [2.05, 4.69) is 38.1 Å². The standard InChI is InChI=1S/C26H46/c1-3-5-7-9-11-12-13-14-16-18-22-26-24-20-19-23-25(26)21-17-15-10-8-6-4-2/h19-20,23-24H,3-18,21-22H2,1-2H3. The Morgan fingerprint density at radius 2 is 0.731 bits per heavy atom. The first-order chi connectivity index (χ1) is 12.9. The van der Waals surface area contributed by atoms with Crippen LogP contribution in [0.4, 0.5) is 0 Å². The molecule has 0 aliphatic heterocycles. The van der Waals surface area contributed by atoms with Gasteiger partial charge in [-0.05, 0) is 36.8 Å². The summed E-state index contributed by atoms with van der Waals surface area (Å²) in [5, 5.41) is 0. The lowest BCUT2D eigenvalue weighted by molar-refractivity contribution is 0.555. The van der Waals surface area contributed by atoms with Crippen LogP contribution in [0.1, 0.15) is 128 Å². The van der Waals surface area contributed by atoms with Gasteiger partial charge in [-0.3, -0.25) is 0 Å². The molecule has 0 saturated heterocycles. The summed E-state index contributed by atoms with van der Waals surface area (Å²) in [7, 11) is 0. The first-order valence-electron chi connectivity index (χ1n) is 11.9. The van der Waals surface area contributed by atoms with Gasteiger partial charge in [-0.25, -0.2) is 0 Å². The van der Waals surface area contributed by atoms with Gasteiger partial charge in [-0.1, -0.05) is 128 Å². The van der Waals surface area contributed by atoms with Gasteiger partial charge >= 0.3 is 0 Å². The molecular weight excluding hydrogens is 312 g/mol. The molecule has 0 fully saturated rings. The summed E-state index contributed by atoms with van der Waals surface area (Å²) in [5.74, 6) is 0. The van der Waals surface area contributed by atoms with Crippen molar-refractivity contribution in [2.75, 3.05) is 0 Å². The van der Waals surface area contributed by atoms with Crippen LogP contribution in [0, 0.1) is 0 Å². The molecule has 0 atom stereocenters. The monoisotopic (exact) mass is 358 g/mol. The molecule has 0 spiro atoms. The molecule has 1 aromatic carbocycles. The molecule has 0 bridgehead atoms. The molecule has 0 N–H and O–H groups in total. The molecule has 0 heteroatoms. The second-order valence-electron chi connectivity index (χ2n) is 8.22. The predicted molar refractivity (Wildman–Crippen MR) is 119 cm³/mol. The molecule has 26 heavy (non-hydrogen) atoms. The van der Waals surface area contributed by atoms with Gasteiger partial charge in [-0.15, -0.1) is 0 Å². The third-order valence-electron chi connectivity index (χ3n) is 5.72. The average Bonchev–Trinajstić information content (AvgIpc) is 2.67. The van der Waals surface area contributed by atoms with Crippen LogP contribution in [-0.2, 0) is 12.8 Å². The molecule has 0 aromatic heterocycles. The van der Waals surface area contributed by atoms with E-state index in [1.165, 1.54) is 116 Å². The maximum atomic E-state index is 2.38. The van der Waals surface area contributed by atoms with E-state index in [9.17, 15) is 0 Å². The molecule has 0 unspecified atom stereocenters. The molecule has 0 nitrogen and oxygen atoms in total. The van der Waals surface area contributed by atoms with Gasteiger partial charge in [-0.2, -0.15) is 0 Å². The van der Waals surface area contributed by atoms with Gasteiger partial charge in [0, 0.05) is 0 Å². The highest BCUT2D eigenvalue weighted by Gasteiger charge is 2.02. The minimum absolute atomic E-state index is 1.29. The van der Waals surface area contributed by atoms with Crippen LogP contribution in [0.2, 0.25) is 0 Å². The van der Waals surface area contributed by atoms with Gasteiger partial charge in [0.2, 0.25) is 0 Å². The molecule has 0 radical (unpaired) electrons. The lowest BCUT2D eigenvalue weighted by Gasteiger charge is -2.10. The molecule has 0 aliphatic carbocycles. The number of hydrogen-bond donors (Lipinski definition) is 0. The third kappa shape index (κ3) is 12.6. The van der Waals surface area contributed by atoms with E-state index in [0.29, 0.717) is 0 Å². The summed E-state index contributed by atoms with van der Waals surface area (Å²) in [6.07, 6.45) is 25.3. The van der Waals surface area contributed by atoms with E-state index in [1.807, 2.05) is 0 Å². The second kappa shape index (κ2) is 17.6. The van der Waals surface area contributed by atoms with E-state index in [0.717, 1.165) is 0 Å². The van der Waals surface area contributed by atoms with Crippen LogP contribution in [0.15, 0.2) is 24.3 Å². The van der Waals surface area contributed by atoms with Crippen LogP contribution in [-0.4, -0.2) is 0 Å². The molecular formula is C26H46. The number of hydrogen-bond acceptors (Lipinski definition) is 0. The first kappa shape index (κ1) is 23.3. The molecule has 1 rings (SSSR count). The van der Waals surface area contributed by atoms with Crippen molar-refractivity contribution < 1.29 is 0 Å². The van der Waals surface area contributed by atoms with Crippen molar-refractivity contribution in [3.05, 3.63) is 35.4 Å². The fraction of sp³-hybridized carbons (Fsp3) is 0.769. The Hall–Kier alpha value is -0.780. The van der Waals surface area contributed by atoms with Crippen molar-refractivity contribution in [3.63, 3.8) is 0 Å². The number of rotatable bonds is 18. The van der Waals surface area contributed by atoms with Crippen molar-refractivity contribution >= 4 is 0 Å². The summed E-state index contributed by atoms with van der Waals surface area (Å²) in [5.41, 5.74) is 3.25. The molecule has 150 valence electrons. The Balaban J connectivity index is 2.07. The highest BCUT2D eigenvalue weighted by Crippen LogP contribution is 2.17. The normalized spacial score (nSPS) is 11.2. The molecule has 0 aliphatic rings. The second-order valence-corrected chi connectivity index (χ2v) is 8.22. The number of benzene rings is 1. The fourth-order valence-corrected chi connectivity index (χ4v) is 3.94. The molecule has 0 heterocycles. The largest absolute Gasteiger partial charge is 0.0654 e. The van der Waals surface area contributed by atoms with Crippen LogP contribution in [0.3, 0.4) is 0 Å². The summed E-state index contributed by atoms with van der Waals surface area (Å²) < 4.78 is 0. The number of unbranched alkanes of at least 4 members (excludes halogenated alkanes) is 14. The Morgan fingerprint density at radius 3 is 1.08 bits per heavy atom. The Labute approximate surface area is 165 Å². The van der Waals surface area contributed by atoms with Crippen LogP contribution in [0.25, 0.3) is 0 Å². The quantitative estimate of drug-likeness (QED) is 0.229. The van der Waals surface area contributed by atoms with Crippen LogP contribution in [0.5, 0.6) is 0 Å². The Bertz CT molecular complexity index is 406. The first-order valence-corrected chi connectivity index (χ1v) is 11.9. The maximum Gasteiger partial charge on any atom is -0.0276 e. The average molecular weight is 359 g/mol. The SMILES string of the molecule is CCCCCCCCCCCCc1ccccc1CCCCCCCC. The predicted octanol–water partition coefficient (Wildman–Crippen LogP) is 9.05. The molecule has 1 aromatic rings. The zero-order chi connectivity index (χ0) is 18.7. The lowest BCUT2D eigenvalue weighted by atomic mass is 9.96. The van der Waals surface area contributed by atoms with Gasteiger partial charge in [0.25, 0.3) is 0 Å². The van der Waals surface area contributed by atoms with E-state index < -0.39 is 0 Å². The lowest BCUT2D eigenvalue weighted by Crippen LogP contribution is -1.95. The topological polar surface area (TPSA) is 0 Å². The Kier molecular flexibility index (Phi) is 15.8. The zero-order valence-electron chi connectivity index (χ0n) is 18.0. The van der Waals surface area contributed by atoms with Crippen molar-refractivity contribution in [1.82, 2.24) is 0 Å². The minimum Gasteiger partial charge on any atom is -0.0654 e. The fourth-order valence-electron chi connectivity index (χ4n) is 3.94. The highest BCUT2D eigenvalue weighted by molar-refractivity contribution is 5.27. The van der Waals surface area contributed by atoms with Gasteiger partial charge in [0.1, 0.15) is 0 Å². The van der Waals surface area contributed by atoms with Crippen molar-refractivity contribution in [2.45, 2.75) is 129 Å². The highest BCUT2D eigenvalue weighted by atomic mass is 14.1. The van der Waals surface area contributed by atoms with E-state index in [1.54, 1.807) is 11.1 Å². The summed E-state index contributed by atoms with van der Waals surface area (Å²) >= 11 is 0. The van der Waals surface area contributed by atoms with E-state index in [4.69, 9.17) is 0 Å². The summed E-state index contributed by atoms with van der Waals surface area (Å²) in [6, 6.07) is 9.21. The van der Waals surface area contributed by atoms with Crippen molar-refractivity contribution in [3.8, 4) is 0 Å². The molecule has 0 amide bonds. The van der Waals surface area contributed by atoms with Crippen LogP contribution < -0.4 is 0 Å². The Morgan fingerprint density at radius 1 is 0.423 bits per heavy atom. The number of aryl methyl sites for hydroxylation is 2. The maximum absolute atomic E-state index is 2.38. The van der Waals surface area contributed by atoms with Gasteiger partial charge in [0.05, 0.1) is 0 Å². The third-order valence-corrected chi connectivity index (χ3v) is 5.72. The molecule has 0 saturated carbocycles. The smallest absolute Gasteiger partial charge is 0.0276 e. The van der Waals surface area contributed by atoms with E-state index >= 15 is 0 Å². The van der Waals surface area contributed by atoms with E-state index in [-0.39, 0.29) is 0 Å². The minimum atomic E-state index is 1.29. The van der Waals surface area contributed by atoms with Crippen molar-refractivity contribution in [1.29, 1.82) is 0 Å². The summed E-state index contributed by atoms with van der Waals surface area (Å²) in [6.45, 7) is 4.59. The van der Waals surface area contributed by atoms with Gasteiger partial charge in [0.15, 0.2) is 0 Å². The summed E-state index contributed by atoms with van der Waals surface area (Å²) in [4.78, 5) is 0. The van der Waals surface area contributed by atoms with Gasteiger partial charge < -0.3 is 0 Å². The zero-order valence-corrected chi connectivity index (χ0v) is 18.0.